The fourth-order valence-corrected chi connectivity index (χ4v) is 4.59. The van der Waals surface area contributed by atoms with Crippen LogP contribution in [0.3, 0.4) is 0 Å². The van der Waals surface area contributed by atoms with Gasteiger partial charge in [-0.1, -0.05) is 41.2 Å². The Morgan fingerprint density at radius 1 is 0.833 bits per heavy atom. The van der Waals surface area contributed by atoms with E-state index in [4.69, 9.17) is 14.2 Å². The fraction of sp³-hybridized carbons (Fsp3) is 0.182. The molecular weight excluding hydrogens is 418 g/mol. The molecule has 6 nitrogen and oxygen atoms in total. The molecule has 0 radical (unpaired) electrons. The van der Waals surface area contributed by atoms with Gasteiger partial charge in [-0.2, -0.15) is 0 Å². The van der Waals surface area contributed by atoms with Gasteiger partial charge in [-0.3, -0.25) is 0 Å². The maximum atomic E-state index is 5.43. The second-order valence-electron chi connectivity index (χ2n) is 6.52. The molecule has 2 aromatic heterocycles. The summed E-state index contributed by atoms with van der Waals surface area (Å²) in [6, 6.07) is 14.4. The van der Waals surface area contributed by atoms with E-state index in [0.29, 0.717) is 22.4 Å². The van der Waals surface area contributed by atoms with E-state index in [1.54, 1.807) is 32.7 Å². The third kappa shape index (κ3) is 4.10. The van der Waals surface area contributed by atoms with Crippen LogP contribution in [0.2, 0.25) is 0 Å². The van der Waals surface area contributed by atoms with Crippen LogP contribution >= 0.6 is 22.7 Å². The van der Waals surface area contributed by atoms with Crippen molar-refractivity contribution in [2.45, 2.75) is 6.92 Å². The van der Waals surface area contributed by atoms with E-state index in [1.165, 1.54) is 27.3 Å². The summed E-state index contributed by atoms with van der Waals surface area (Å²) in [6.07, 6.45) is 0. The lowest BCUT2D eigenvalue weighted by molar-refractivity contribution is 0.324. The smallest absolute Gasteiger partial charge is 0.210 e. The zero-order chi connectivity index (χ0) is 21.1. The monoisotopic (exact) mass is 439 g/mol. The van der Waals surface area contributed by atoms with Crippen molar-refractivity contribution in [3.05, 3.63) is 53.4 Å². The number of aromatic nitrogens is 2. The largest absolute Gasteiger partial charge is 0.493 e. The van der Waals surface area contributed by atoms with Crippen LogP contribution in [0.5, 0.6) is 17.2 Å². The zero-order valence-electron chi connectivity index (χ0n) is 17.1. The highest BCUT2D eigenvalue weighted by atomic mass is 32.1. The van der Waals surface area contributed by atoms with E-state index < -0.39 is 0 Å². The molecule has 0 amide bonds. The van der Waals surface area contributed by atoms with Crippen molar-refractivity contribution in [2.75, 3.05) is 26.6 Å². The van der Waals surface area contributed by atoms with Crippen LogP contribution in [0.15, 0.2) is 47.8 Å². The third-order valence-corrected chi connectivity index (χ3v) is 6.39. The van der Waals surface area contributed by atoms with Crippen molar-refractivity contribution in [3.63, 3.8) is 0 Å². The molecule has 2 aromatic carbocycles. The normalized spacial score (nSPS) is 10.7. The van der Waals surface area contributed by atoms with Gasteiger partial charge in [0.25, 0.3) is 0 Å². The molecule has 2 heterocycles. The van der Waals surface area contributed by atoms with Crippen molar-refractivity contribution in [1.29, 1.82) is 0 Å². The number of anilines is 2. The predicted molar refractivity (Wildman–Crippen MR) is 123 cm³/mol. The van der Waals surface area contributed by atoms with Crippen molar-refractivity contribution in [1.82, 2.24) is 10.2 Å². The second kappa shape index (κ2) is 8.73. The molecule has 0 aliphatic carbocycles. The number of benzene rings is 2. The number of ether oxygens (including phenoxy) is 3. The molecule has 0 saturated carbocycles. The number of hydrogen-bond donors (Lipinski definition) is 1. The number of hydrogen-bond acceptors (Lipinski definition) is 8. The predicted octanol–water partition coefficient (Wildman–Crippen LogP) is 6.01. The topological polar surface area (TPSA) is 65.5 Å². The number of rotatable bonds is 7. The molecule has 0 unspecified atom stereocenters. The van der Waals surface area contributed by atoms with Crippen molar-refractivity contribution in [2.24, 2.45) is 0 Å². The summed E-state index contributed by atoms with van der Waals surface area (Å²) in [5.41, 5.74) is 4.29. The summed E-state index contributed by atoms with van der Waals surface area (Å²) in [7, 11) is 4.77. The highest BCUT2D eigenvalue weighted by Gasteiger charge is 2.17. The number of nitrogens with one attached hydrogen (secondary N) is 1. The van der Waals surface area contributed by atoms with Crippen molar-refractivity contribution in [3.8, 4) is 38.3 Å². The minimum Gasteiger partial charge on any atom is -0.493 e. The Morgan fingerprint density at radius 3 is 2.17 bits per heavy atom. The van der Waals surface area contributed by atoms with Gasteiger partial charge < -0.3 is 19.5 Å². The molecular formula is C22H21N3O3S2. The minimum absolute atomic E-state index is 0.550. The Balaban J connectivity index is 1.56. The van der Waals surface area contributed by atoms with Gasteiger partial charge in [0, 0.05) is 15.8 Å². The van der Waals surface area contributed by atoms with E-state index in [9.17, 15) is 0 Å². The third-order valence-electron chi connectivity index (χ3n) is 4.52. The minimum atomic E-state index is 0.550. The van der Waals surface area contributed by atoms with E-state index in [-0.39, 0.29) is 0 Å². The first kappa shape index (κ1) is 20.2. The average molecular weight is 440 g/mol. The zero-order valence-corrected chi connectivity index (χ0v) is 18.7. The average Bonchev–Trinajstić information content (AvgIpc) is 3.43. The summed E-state index contributed by atoms with van der Waals surface area (Å²) in [5.74, 6) is 1.71. The molecule has 0 fully saturated rings. The molecule has 30 heavy (non-hydrogen) atoms. The highest BCUT2D eigenvalue weighted by Crippen LogP contribution is 2.42. The Bertz CT molecular complexity index is 1130. The number of methoxy groups -OCH3 is 3. The van der Waals surface area contributed by atoms with Gasteiger partial charge in [0.1, 0.15) is 5.01 Å². The van der Waals surface area contributed by atoms with Crippen molar-refractivity contribution >= 4 is 33.5 Å². The van der Waals surface area contributed by atoms with Crippen LogP contribution in [-0.2, 0) is 0 Å². The highest BCUT2D eigenvalue weighted by molar-refractivity contribution is 7.18. The lowest BCUT2D eigenvalue weighted by atomic mass is 10.1. The molecule has 0 aliphatic heterocycles. The maximum Gasteiger partial charge on any atom is 0.210 e. The van der Waals surface area contributed by atoms with Crippen molar-refractivity contribution < 1.29 is 14.2 Å². The fourth-order valence-electron chi connectivity index (χ4n) is 2.99. The van der Waals surface area contributed by atoms with Crippen LogP contribution in [0.25, 0.3) is 21.0 Å². The first-order valence-corrected chi connectivity index (χ1v) is 10.9. The number of thiophene rings is 1. The van der Waals surface area contributed by atoms with E-state index >= 15 is 0 Å². The summed E-state index contributed by atoms with van der Waals surface area (Å²) in [6.45, 7) is 2.09. The van der Waals surface area contributed by atoms with Crippen LogP contribution < -0.4 is 19.5 Å². The lowest BCUT2D eigenvalue weighted by Crippen LogP contribution is -1.95. The van der Waals surface area contributed by atoms with Crippen LogP contribution in [-0.4, -0.2) is 31.5 Å². The van der Waals surface area contributed by atoms with Gasteiger partial charge in [-0.25, -0.2) is 0 Å². The second-order valence-corrected chi connectivity index (χ2v) is 8.41. The summed E-state index contributed by atoms with van der Waals surface area (Å²) in [5, 5.41) is 15.5. The lowest BCUT2D eigenvalue weighted by Gasteiger charge is -2.13. The van der Waals surface area contributed by atoms with Gasteiger partial charge in [0.2, 0.25) is 10.9 Å². The Hall–Kier alpha value is -3.10. The Kier molecular flexibility index (Phi) is 5.87. The van der Waals surface area contributed by atoms with Gasteiger partial charge in [-0.05, 0) is 30.7 Å². The first-order chi connectivity index (χ1) is 14.6. The Labute approximate surface area is 183 Å². The number of aryl methyl sites for hydroxylation is 1. The molecule has 0 spiro atoms. The van der Waals surface area contributed by atoms with Gasteiger partial charge in [0.15, 0.2) is 11.5 Å². The van der Waals surface area contributed by atoms with E-state index in [0.717, 1.165) is 16.3 Å². The van der Waals surface area contributed by atoms with Crippen LogP contribution in [0.4, 0.5) is 10.8 Å². The Morgan fingerprint density at radius 2 is 1.53 bits per heavy atom. The van der Waals surface area contributed by atoms with Gasteiger partial charge in [-0.15, -0.1) is 21.5 Å². The molecule has 0 saturated heterocycles. The van der Waals surface area contributed by atoms with Gasteiger partial charge >= 0.3 is 0 Å². The molecule has 0 aliphatic rings. The standard InChI is InChI=1S/C22H21N3O3S2/c1-13-5-7-14(8-6-13)19-11-16(12-29-19)23-22-25-24-21(30-22)15-9-17(26-2)20(28-4)18(10-15)27-3/h5-12H,1-4H3,(H,23,25). The molecule has 4 rings (SSSR count). The molecule has 154 valence electrons. The SMILES string of the molecule is COc1cc(-c2nnc(Nc3csc(-c4ccc(C)cc4)c3)s2)cc(OC)c1OC. The van der Waals surface area contributed by atoms with E-state index in [1.807, 2.05) is 12.1 Å². The summed E-state index contributed by atoms with van der Waals surface area (Å²) >= 11 is 3.15. The first-order valence-electron chi connectivity index (χ1n) is 9.17. The molecule has 0 bridgehead atoms. The van der Waals surface area contributed by atoms with Crippen LogP contribution in [0, 0.1) is 6.92 Å². The molecule has 1 N–H and O–H groups in total. The number of nitrogens with zero attached hydrogens (tertiary/aromatic N) is 2. The molecule has 4 aromatic rings. The van der Waals surface area contributed by atoms with Gasteiger partial charge in [0.05, 0.1) is 27.0 Å². The van der Waals surface area contributed by atoms with E-state index in [2.05, 4.69) is 58.1 Å². The molecule has 0 atom stereocenters. The maximum absolute atomic E-state index is 5.43. The summed E-state index contributed by atoms with van der Waals surface area (Å²) in [4.78, 5) is 1.20. The summed E-state index contributed by atoms with van der Waals surface area (Å²) < 4.78 is 16.3. The molecule has 8 heteroatoms. The quantitative estimate of drug-likeness (QED) is 0.380. The van der Waals surface area contributed by atoms with Crippen LogP contribution in [0.1, 0.15) is 5.56 Å².